The van der Waals surface area contributed by atoms with Crippen LogP contribution in [-0.4, -0.2) is 6.04 Å². The molecule has 0 fully saturated rings. The molecule has 0 saturated heterocycles. The molecule has 1 nitrogen and oxygen atoms in total. The number of rotatable bonds is 7. The molecular weight excluding hydrogens is 286 g/mol. The van der Waals surface area contributed by atoms with Crippen LogP contribution in [0.4, 0.5) is 0 Å². The fourth-order valence-corrected chi connectivity index (χ4v) is 2.63. The third kappa shape index (κ3) is 6.01. The Balaban J connectivity index is 2.37. The minimum Gasteiger partial charge on any atom is -0.308 e. The van der Waals surface area contributed by atoms with Crippen molar-refractivity contribution >= 4 is 15.9 Å². The Morgan fingerprint density at radius 3 is 2.44 bits per heavy atom. The van der Waals surface area contributed by atoms with Gasteiger partial charge in [-0.2, -0.15) is 0 Å². The molecule has 0 bridgehead atoms. The van der Waals surface area contributed by atoms with E-state index in [4.69, 9.17) is 0 Å². The van der Waals surface area contributed by atoms with Gasteiger partial charge in [-0.25, -0.2) is 0 Å². The van der Waals surface area contributed by atoms with Gasteiger partial charge in [0, 0.05) is 16.6 Å². The molecule has 2 unspecified atom stereocenters. The van der Waals surface area contributed by atoms with E-state index in [1.54, 1.807) is 0 Å². The fourth-order valence-electron chi connectivity index (χ4n) is 2.21. The van der Waals surface area contributed by atoms with Crippen LogP contribution < -0.4 is 5.32 Å². The Morgan fingerprint density at radius 2 is 1.83 bits per heavy atom. The molecule has 0 saturated carbocycles. The number of nitrogens with one attached hydrogen (secondary N) is 1. The zero-order valence-corrected chi connectivity index (χ0v) is 13.6. The summed E-state index contributed by atoms with van der Waals surface area (Å²) in [5.41, 5.74) is 1.35. The SMILES string of the molecule is CC(C)CCCC(C)NC(C)c1cccc(Br)c1. The standard InChI is InChI=1S/C16H26BrN/c1-12(2)7-5-8-13(3)18-14(4)15-9-6-10-16(17)11-15/h6,9-14,18H,5,7-8H2,1-4H3. The lowest BCUT2D eigenvalue weighted by Gasteiger charge is -2.21. The number of benzene rings is 1. The zero-order valence-electron chi connectivity index (χ0n) is 12.0. The lowest BCUT2D eigenvalue weighted by molar-refractivity contribution is 0.424. The van der Waals surface area contributed by atoms with E-state index in [-0.39, 0.29) is 0 Å². The molecule has 1 rings (SSSR count). The van der Waals surface area contributed by atoms with E-state index in [1.165, 1.54) is 24.8 Å². The Hall–Kier alpha value is -0.340. The number of hydrogen-bond acceptors (Lipinski definition) is 1. The zero-order chi connectivity index (χ0) is 13.5. The largest absolute Gasteiger partial charge is 0.308 e. The van der Waals surface area contributed by atoms with Crippen molar-refractivity contribution in [2.24, 2.45) is 5.92 Å². The summed E-state index contributed by atoms with van der Waals surface area (Å²) in [7, 11) is 0. The summed E-state index contributed by atoms with van der Waals surface area (Å²) in [5.74, 6) is 0.819. The van der Waals surface area contributed by atoms with Crippen molar-refractivity contribution < 1.29 is 0 Å². The van der Waals surface area contributed by atoms with Gasteiger partial charge in [-0.3, -0.25) is 0 Å². The van der Waals surface area contributed by atoms with Crippen LogP contribution >= 0.6 is 15.9 Å². The highest BCUT2D eigenvalue weighted by atomic mass is 79.9. The van der Waals surface area contributed by atoms with Crippen LogP contribution in [0.1, 0.15) is 58.6 Å². The van der Waals surface area contributed by atoms with Crippen LogP contribution in [0.5, 0.6) is 0 Å². The lowest BCUT2D eigenvalue weighted by atomic mass is 10.0. The van der Waals surface area contributed by atoms with Gasteiger partial charge in [0.1, 0.15) is 0 Å². The van der Waals surface area contributed by atoms with Crippen molar-refractivity contribution in [3.8, 4) is 0 Å². The molecule has 18 heavy (non-hydrogen) atoms. The summed E-state index contributed by atoms with van der Waals surface area (Å²) in [6.45, 7) is 9.11. The van der Waals surface area contributed by atoms with Gasteiger partial charge in [-0.05, 0) is 43.9 Å². The lowest BCUT2D eigenvalue weighted by Crippen LogP contribution is -2.28. The van der Waals surface area contributed by atoms with Gasteiger partial charge in [0.2, 0.25) is 0 Å². The topological polar surface area (TPSA) is 12.0 Å². The van der Waals surface area contributed by atoms with Gasteiger partial charge in [0.15, 0.2) is 0 Å². The molecule has 2 atom stereocenters. The van der Waals surface area contributed by atoms with E-state index in [2.05, 4.69) is 73.2 Å². The summed E-state index contributed by atoms with van der Waals surface area (Å²) >= 11 is 3.53. The highest BCUT2D eigenvalue weighted by Crippen LogP contribution is 2.19. The molecule has 0 amide bonds. The first-order valence-electron chi connectivity index (χ1n) is 7.00. The number of halogens is 1. The van der Waals surface area contributed by atoms with Crippen LogP contribution in [0.25, 0.3) is 0 Å². The maximum atomic E-state index is 3.68. The third-order valence-corrected chi connectivity index (χ3v) is 3.80. The maximum absolute atomic E-state index is 3.68. The molecule has 0 radical (unpaired) electrons. The highest BCUT2D eigenvalue weighted by Gasteiger charge is 2.09. The van der Waals surface area contributed by atoms with Gasteiger partial charge < -0.3 is 5.32 Å². The smallest absolute Gasteiger partial charge is 0.0294 e. The highest BCUT2D eigenvalue weighted by molar-refractivity contribution is 9.10. The van der Waals surface area contributed by atoms with E-state index in [9.17, 15) is 0 Å². The van der Waals surface area contributed by atoms with Crippen LogP contribution in [0, 0.1) is 5.92 Å². The van der Waals surface area contributed by atoms with Gasteiger partial charge in [-0.1, -0.05) is 54.8 Å². The van der Waals surface area contributed by atoms with Crippen molar-refractivity contribution in [1.82, 2.24) is 5.32 Å². The molecule has 0 aliphatic rings. The molecule has 0 aliphatic heterocycles. The van der Waals surface area contributed by atoms with Crippen LogP contribution in [0.3, 0.4) is 0 Å². The first kappa shape index (κ1) is 15.7. The predicted molar refractivity (Wildman–Crippen MR) is 83.8 cm³/mol. The molecule has 0 spiro atoms. The summed E-state index contributed by atoms with van der Waals surface area (Å²) < 4.78 is 1.15. The minimum absolute atomic E-state index is 0.413. The Bertz CT molecular complexity index is 349. The van der Waals surface area contributed by atoms with E-state index in [1.807, 2.05) is 0 Å². The van der Waals surface area contributed by atoms with Crippen molar-refractivity contribution in [2.45, 2.75) is 59.0 Å². The van der Waals surface area contributed by atoms with Crippen LogP contribution in [0.2, 0.25) is 0 Å². The van der Waals surface area contributed by atoms with Crippen molar-refractivity contribution in [3.05, 3.63) is 34.3 Å². The van der Waals surface area contributed by atoms with Gasteiger partial charge in [-0.15, -0.1) is 0 Å². The van der Waals surface area contributed by atoms with Crippen LogP contribution in [-0.2, 0) is 0 Å². The van der Waals surface area contributed by atoms with E-state index in [0.717, 1.165) is 10.4 Å². The fraction of sp³-hybridized carbons (Fsp3) is 0.625. The first-order chi connectivity index (χ1) is 8.49. The Morgan fingerprint density at radius 1 is 1.11 bits per heavy atom. The second kappa shape index (κ2) is 7.96. The summed E-state index contributed by atoms with van der Waals surface area (Å²) in [5, 5.41) is 3.68. The number of hydrogen-bond donors (Lipinski definition) is 1. The Labute approximate surface area is 120 Å². The molecule has 1 aromatic rings. The van der Waals surface area contributed by atoms with E-state index in [0.29, 0.717) is 12.1 Å². The minimum atomic E-state index is 0.413. The first-order valence-corrected chi connectivity index (χ1v) is 7.80. The van der Waals surface area contributed by atoms with Gasteiger partial charge >= 0.3 is 0 Å². The summed E-state index contributed by atoms with van der Waals surface area (Å²) in [6, 6.07) is 9.54. The summed E-state index contributed by atoms with van der Waals surface area (Å²) in [4.78, 5) is 0. The maximum Gasteiger partial charge on any atom is 0.0294 e. The normalized spacial score (nSPS) is 14.8. The molecule has 1 N–H and O–H groups in total. The van der Waals surface area contributed by atoms with Crippen molar-refractivity contribution in [1.29, 1.82) is 0 Å². The van der Waals surface area contributed by atoms with Crippen molar-refractivity contribution in [3.63, 3.8) is 0 Å². The van der Waals surface area contributed by atoms with E-state index >= 15 is 0 Å². The monoisotopic (exact) mass is 311 g/mol. The molecule has 0 aliphatic carbocycles. The average molecular weight is 312 g/mol. The van der Waals surface area contributed by atoms with E-state index < -0.39 is 0 Å². The molecule has 0 heterocycles. The second-order valence-corrected chi connectivity index (χ2v) is 6.58. The van der Waals surface area contributed by atoms with Gasteiger partial charge in [0.25, 0.3) is 0 Å². The predicted octanol–water partition coefficient (Wildman–Crippen LogP) is 5.31. The second-order valence-electron chi connectivity index (χ2n) is 5.67. The molecule has 0 aromatic heterocycles. The van der Waals surface area contributed by atoms with Gasteiger partial charge in [0.05, 0.1) is 0 Å². The molecular formula is C16H26BrN. The molecule has 2 heteroatoms. The van der Waals surface area contributed by atoms with Crippen molar-refractivity contribution in [2.75, 3.05) is 0 Å². The Kier molecular flexibility index (Phi) is 6.95. The van der Waals surface area contributed by atoms with Crippen LogP contribution in [0.15, 0.2) is 28.7 Å². The third-order valence-electron chi connectivity index (χ3n) is 3.30. The quantitative estimate of drug-likeness (QED) is 0.719. The average Bonchev–Trinajstić information content (AvgIpc) is 2.28. The summed E-state index contributed by atoms with van der Waals surface area (Å²) in [6.07, 6.45) is 3.91. The molecule has 102 valence electrons. The molecule has 1 aromatic carbocycles.